The van der Waals surface area contributed by atoms with Crippen molar-refractivity contribution in [3.63, 3.8) is 0 Å². The molecule has 1 aliphatic heterocycles. The van der Waals surface area contributed by atoms with Crippen molar-refractivity contribution in [1.29, 1.82) is 0 Å². The molecule has 4 rings (SSSR count). The Morgan fingerprint density at radius 3 is 2.56 bits per heavy atom. The van der Waals surface area contributed by atoms with Crippen LogP contribution in [0.25, 0.3) is 11.8 Å². The van der Waals surface area contributed by atoms with Crippen LogP contribution in [0.5, 0.6) is 0 Å². The van der Waals surface area contributed by atoms with Crippen molar-refractivity contribution < 1.29 is 14.3 Å². The molecule has 0 saturated carbocycles. The molecule has 2 aromatic carbocycles. The summed E-state index contributed by atoms with van der Waals surface area (Å²) in [4.78, 5) is 29.6. The van der Waals surface area contributed by atoms with E-state index >= 15 is 0 Å². The molecule has 3 aromatic rings. The van der Waals surface area contributed by atoms with Gasteiger partial charge in [0.2, 0.25) is 0 Å². The Balaban J connectivity index is 1.59. The maximum Gasteiger partial charge on any atom is 0.338 e. The Morgan fingerprint density at radius 2 is 1.88 bits per heavy atom. The second kappa shape index (κ2) is 9.91. The summed E-state index contributed by atoms with van der Waals surface area (Å²) in [6.07, 6.45) is 1.87. The molecule has 1 saturated heterocycles. The van der Waals surface area contributed by atoms with Crippen molar-refractivity contribution in [3.8, 4) is 5.69 Å². The molecule has 0 radical (unpaired) electrons. The van der Waals surface area contributed by atoms with Crippen molar-refractivity contribution in [2.24, 2.45) is 4.99 Å². The van der Waals surface area contributed by atoms with Crippen LogP contribution in [0.4, 0.5) is 5.69 Å². The molecule has 34 heavy (non-hydrogen) atoms. The quantitative estimate of drug-likeness (QED) is 0.343. The second-order valence-corrected chi connectivity index (χ2v) is 9.28. The minimum atomic E-state index is -0.338. The van der Waals surface area contributed by atoms with Crippen LogP contribution in [0.2, 0.25) is 5.02 Å². The third-order valence-corrected chi connectivity index (χ3v) is 6.75. The van der Waals surface area contributed by atoms with E-state index in [0.29, 0.717) is 33.0 Å². The Bertz CT molecular complexity index is 1340. The minimum absolute atomic E-state index is 0.189. The van der Waals surface area contributed by atoms with Crippen LogP contribution in [-0.2, 0) is 9.53 Å². The molecule has 1 amide bonds. The van der Waals surface area contributed by atoms with E-state index in [4.69, 9.17) is 16.3 Å². The fourth-order valence-corrected chi connectivity index (χ4v) is 4.69. The minimum Gasteiger partial charge on any atom is -0.462 e. The van der Waals surface area contributed by atoms with Gasteiger partial charge in [0.15, 0.2) is 5.17 Å². The summed E-state index contributed by atoms with van der Waals surface area (Å²) in [5.74, 6) is -0.527. The molecule has 1 aliphatic rings. The van der Waals surface area contributed by atoms with Crippen LogP contribution in [0.3, 0.4) is 0 Å². The molecule has 1 N–H and O–H groups in total. The second-order valence-electron chi connectivity index (χ2n) is 7.84. The number of aromatic nitrogens is 1. The summed E-state index contributed by atoms with van der Waals surface area (Å²) in [5, 5.41) is 3.97. The molecule has 0 bridgehead atoms. The zero-order chi connectivity index (χ0) is 24.4. The van der Waals surface area contributed by atoms with Crippen molar-refractivity contribution >= 4 is 52.2 Å². The van der Waals surface area contributed by atoms with Gasteiger partial charge < -0.3 is 14.6 Å². The van der Waals surface area contributed by atoms with Gasteiger partial charge in [0.05, 0.1) is 22.8 Å². The fourth-order valence-electron chi connectivity index (χ4n) is 3.68. The lowest BCUT2D eigenvalue weighted by Crippen LogP contribution is -2.19. The summed E-state index contributed by atoms with van der Waals surface area (Å²) in [5.41, 5.74) is 6.03. The topological polar surface area (TPSA) is 72.7 Å². The van der Waals surface area contributed by atoms with Gasteiger partial charge in [-0.2, -0.15) is 0 Å². The molecule has 0 atom stereocenters. The number of halogens is 1. The average molecular weight is 494 g/mol. The van der Waals surface area contributed by atoms with Crippen LogP contribution < -0.4 is 5.32 Å². The lowest BCUT2D eigenvalue weighted by atomic mass is 10.2. The summed E-state index contributed by atoms with van der Waals surface area (Å²) in [6.45, 7) is 8.05. The molecule has 1 aromatic heterocycles. The van der Waals surface area contributed by atoms with Gasteiger partial charge in [0.25, 0.3) is 5.91 Å². The summed E-state index contributed by atoms with van der Waals surface area (Å²) >= 11 is 7.48. The molecule has 1 fully saturated rings. The SMILES string of the molecule is CCOC(=O)c1ccc(-n2c(C)cc(/C=C3\SC(=Nc4ccc(C)c(Cl)c4)NC3=O)c2C)cc1. The van der Waals surface area contributed by atoms with Crippen LogP contribution >= 0.6 is 23.4 Å². The highest BCUT2D eigenvalue weighted by atomic mass is 35.5. The Hall–Kier alpha value is -3.29. The van der Waals surface area contributed by atoms with E-state index in [1.807, 2.05) is 57.2 Å². The van der Waals surface area contributed by atoms with E-state index in [-0.39, 0.29) is 11.9 Å². The smallest absolute Gasteiger partial charge is 0.338 e. The van der Waals surface area contributed by atoms with Crippen molar-refractivity contribution in [3.05, 3.63) is 86.5 Å². The molecule has 2 heterocycles. The van der Waals surface area contributed by atoms with Crippen molar-refractivity contribution in [1.82, 2.24) is 9.88 Å². The van der Waals surface area contributed by atoms with Crippen LogP contribution in [0, 0.1) is 20.8 Å². The Kier molecular flexibility index (Phi) is 6.95. The van der Waals surface area contributed by atoms with Gasteiger partial charge in [-0.25, -0.2) is 9.79 Å². The van der Waals surface area contributed by atoms with E-state index in [1.54, 1.807) is 25.1 Å². The maximum absolute atomic E-state index is 12.6. The lowest BCUT2D eigenvalue weighted by Gasteiger charge is -2.10. The first-order valence-electron chi connectivity index (χ1n) is 10.8. The number of benzene rings is 2. The molecular weight excluding hydrogens is 470 g/mol. The Labute approximate surface area is 207 Å². The third-order valence-electron chi connectivity index (χ3n) is 5.43. The highest BCUT2D eigenvalue weighted by Crippen LogP contribution is 2.31. The van der Waals surface area contributed by atoms with Gasteiger partial charge in [-0.1, -0.05) is 17.7 Å². The largest absolute Gasteiger partial charge is 0.462 e. The molecule has 6 nitrogen and oxygen atoms in total. The highest BCUT2D eigenvalue weighted by Gasteiger charge is 2.24. The standard InChI is InChI=1S/C26H24ClN3O3S/c1-5-33-25(32)18-7-10-21(11-8-18)30-16(3)12-19(17(30)4)13-23-24(31)29-26(34-23)28-20-9-6-15(2)22(27)14-20/h6-14H,5H2,1-4H3,(H,28,29,31)/b23-13-. The van der Waals surface area contributed by atoms with E-state index in [0.717, 1.165) is 28.2 Å². The van der Waals surface area contributed by atoms with Gasteiger partial charge in [-0.15, -0.1) is 0 Å². The summed E-state index contributed by atoms with van der Waals surface area (Å²) in [6, 6.07) is 14.9. The molecule has 0 unspecified atom stereocenters. The number of thioether (sulfide) groups is 1. The zero-order valence-electron chi connectivity index (χ0n) is 19.3. The number of carbonyl (C=O) groups is 2. The third kappa shape index (κ3) is 4.95. The van der Waals surface area contributed by atoms with E-state index in [9.17, 15) is 9.59 Å². The number of ether oxygens (including phenoxy) is 1. The van der Waals surface area contributed by atoms with Crippen LogP contribution in [0.1, 0.15) is 39.8 Å². The molecule has 174 valence electrons. The van der Waals surface area contributed by atoms with Crippen molar-refractivity contribution in [2.45, 2.75) is 27.7 Å². The number of carbonyl (C=O) groups excluding carboxylic acids is 2. The zero-order valence-corrected chi connectivity index (χ0v) is 20.9. The number of aryl methyl sites for hydroxylation is 2. The number of amides is 1. The monoisotopic (exact) mass is 493 g/mol. The predicted molar refractivity (Wildman–Crippen MR) is 138 cm³/mol. The fraction of sp³-hybridized carbons (Fsp3) is 0.192. The number of hydrogen-bond acceptors (Lipinski definition) is 5. The first-order chi connectivity index (χ1) is 16.3. The number of rotatable bonds is 5. The highest BCUT2D eigenvalue weighted by molar-refractivity contribution is 8.18. The van der Waals surface area contributed by atoms with Gasteiger partial charge in [0, 0.05) is 22.1 Å². The molecule has 8 heteroatoms. The average Bonchev–Trinajstić information content (AvgIpc) is 3.28. The van der Waals surface area contributed by atoms with E-state index < -0.39 is 0 Å². The van der Waals surface area contributed by atoms with Crippen LogP contribution in [-0.4, -0.2) is 28.2 Å². The number of hydrogen-bond donors (Lipinski definition) is 1. The summed E-state index contributed by atoms with van der Waals surface area (Å²) < 4.78 is 7.14. The van der Waals surface area contributed by atoms with E-state index in [2.05, 4.69) is 14.9 Å². The first-order valence-corrected chi connectivity index (χ1v) is 12.0. The van der Waals surface area contributed by atoms with Crippen LogP contribution in [0.15, 0.2) is 58.4 Å². The Morgan fingerprint density at radius 1 is 1.15 bits per heavy atom. The van der Waals surface area contributed by atoms with E-state index in [1.165, 1.54) is 11.8 Å². The molecule has 0 spiro atoms. The summed E-state index contributed by atoms with van der Waals surface area (Å²) in [7, 11) is 0. The lowest BCUT2D eigenvalue weighted by molar-refractivity contribution is -0.115. The molecular formula is C26H24ClN3O3S. The van der Waals surface area contributed by atoms with Gasteiger partial charge in [0.1, 0.15) is 0 Å². The van der Waals surface area contributed by atoms with Gasteiger partial charge in [-0.05, 0) is 99.1 Å². The molecule has 0 aliphatic carbocycles. The van der Waals surface area contributed by atoms with Crippen molar-refractivity contribution in [2.75, 3.05) is 6.61 Å². The number of nitrogens with zero attached hydrogens (tertiary/aromatic N) is 2. The number of nitrogens with one attached hydrogen (secondary N) is 1. The number of aliphatic imine (C=N–C) groups is 1. The van der Waals surface area contributed by atoms with Gasteiger partial charge in [-0.3, -0.25) is 4.79 Å². The number of amidine groups is 1. The number of esters is 1. The van der Waals surface area contributed by atoms with Gasteiger partial charge >= 0.3 is 5.97 Å². The predicted octanol–water partition coefficient (Wildman–Crippen LogP) is 6.12. The first kappa shape index (κ1) is 23.9. The normalized spacial score (nSPS) is 15.7. The maximum atomic E-state index is 12.6.